The smallest absolute Gasteiger partial charge is 0.337 e. The fraction of sp³-hybridized carbons (Fsp3) is 0.333. The van der Waals surface area contributed by atoms with Gasteiger partial charge in [0.25, 0.3) is 11.8 Å². The Morgan fingerprint density at radius 2 is 1.11 bits per heavy atom. The fourth-order valence-electron chi connectivity index (χ4n) is 4.58. The summed E-state index contributed by atoms with van der Waals surface area (Å²) in [5, 5.41) is 6.03. The van der Waals surface area contributed by atoms with Gasteiger partial charge >= 0.3 is 7.55 Å². The van der Waals surface area contributed by atoms with Gasteiger partial charge in [0, 0.05) is 28.1 Å². The van der Waals surface area contributed by atoms with Gasteiger partial charge in [-0.25, -0.2) is 0 Å². The molecule has 0 unspecified atom stereocenters. The number of amides is 2. The van der Waals surface area contributed by atoms with E-state index in [4.69, 9.17) is 0 Å². The molecule has 0 saturated heterocycles. The molecular weight excluding hydrogens is 459 g/mol. The van der Waals surface area contributed by atoms with Gasteiger partial charge in [-0.05, 0) is 73.4 Å². The van der Waals surface area contributed by atoms with E-state index in [-0.39, 0.29) is 11.8 Å². The maximum Gasteiger partial charge on any atom is 0.791 e. The van der Waals surface area contributed by atoms with Gasteiger partial charge in [0.15, 0.2) is 0 Å². The minimum Gasteiger partial charge on any atom is -0.337 e. The number of carbonyl (C=O) groups is 2. The van der Waals surface area contributed by atoms with E-state index in [0.29, 0.717) is 11.1 Å². The monoisotopic (exact) mass is 499 g/mol. The highest BCUT2D eigenvalue weighted by atomic mass is 16.2. The number of nitrogens with one attached hydrogen (secondary N) is 2. The molecule has 2 amide bonds. The summed E-state index contributed by atoms with van der Waals surface area (Å²) < 4.78 is 1.50. The summed E-state index contributed by atoms with van der Waals surface area (Å²) >= 11 is 0. The maximum absolute atomic E-state index is 13.0. The molecule has 37 heavy (non-hydrogen) atoms. The predicted octanol–water partition coefficient (Wildman–Crippen LogP) is 5.19. The Hall–Kier alpha value is -3.42. The molecule has 0 aliphatic carbocycles. The summed E-state index contributed by atoms with van der Waals surface area (Å²) in [6.07, 6.45) is 0.935. The van der Waals surface area contributed by atoms with Crippen molar-refractivity contribution in [1.82, 2.24) is 0 Å². The van der Waals surface area contributed by atoms with Gasteiger partial charge < -0.3 is 19.4 Å². The molecule has 0 heterocycles. The van der Waals surface area contributed by atoms with Crippen molar-refractivity contribution >= 4 is 30.7 Å². The van der Waals surface area contributed by atoms with Gasteiger partial charge in [-0.2, -0.15) is 0 Å². The summed E-state index contributed by atoms with van der Waals surface area (Å²) in [5.74, 6) is -0.309. The second-order valence-electron chi connectivity index (χ2n) is 11.3. The maximum atomic E-state index is 13.0. The molecular formula is C30H40BN4O2+2. The molecule has 1 radical (unpaired) electrons. The molecule has 0 aromatic heterocycles. The van der Waals surface area contributed by atoms with Gasteiger partial charge in [0.2, 0.25) is 0 Å². The highest BCUT2D eigenvalue weighted by Gasteiger charge is 2.36. The topological polar surface area (TPSA) is 58.2 Å². The quantitative estimate of drug-likeness (QED) is 0.399. The van der Waals surface area contributed by atoms with E-state index in [1.165, 1.54) is 11.1 Å². The lowest BCUT2D eigenvalue weighted by Crippen LogP contribution is -2.56. The van der Waals surface area contributed by atoms with Crippen LogP contribution in [0, 0.1) is 13.8 Å². The molecule has 0 aliphatic rings. The van der Waals surface area contributed by atoms with E-state index in [1.54, 1.807) is 0 Å². The number of benzene rings is 3. The third-order valence-corrected chi connectivity index (χ3v) is 6.16. The number of hydrogen-bond acceptors (Lipinski definition) is 2. The van der Waals surface area contributed by atoms with Crippen LogP contribution in [0.1, 0.15) is 49.9 Å². The van der Waals surface area contributed by atoms with Crippen LogP contribution in [0.3, 0.4) is 0 Å². The summed E-state index contributed by atoms with van der Waals surface area (Å²) in [7, 11) is 13.0. The van der Waals surface area contributed by atoms with Crippen LogP contribution in [0.2, 0.25) is 0 Å². The standard InChI is InChI=1S/C30H40BN4O2/c1-9-23-10-14-25(15-11-23)29(36)32-27-18-22(3)28(19-21(27)2)33-30(37)26-16-12-24(13-17-26)20-35(7,8)31-34(4,5)6/h10-19H,9,20H2,1-8H3,(H,32,36)(H,33,37)/q+2. The minimum atomic E-state index is -0.159. The largest absolute Gasteiger partial charge is 0.791 e. The van der Waals surface area contributed by atoms with Crippen LogP contribution in [-0.4, -0.2) is 63.4 Å². The van der Waals surface area contributed by atoms with Crippen molar-refractivity contribution in [1.29, 1.82) is 0 Å². The lowest BCUT2D eigenvalue weighted by molar-refractivity contribution is -0.888. The first-order valence-corrected chi connectivity index (χ1v) is 12.7. The number of nitrogens with zero attached hydrogens (tertiary/aromatic N) is 2. The Morgan fingerprint density at radius 1 is 0.703 bits per heavy atom. The third kappa shape index (κ3) is 8.04. The molecule has 3 aromatic carbocycles. The van der Waals surface area contributed by atoms with Crippen LogP contribution in [0.15, 0.2) is 60.7 Å². The summed E-state index contributed by atoms with van der Waals surface area (Å²) in [5.41, 5.74) is 6.80. The zero-order valence-corrected chi connectivity index (χ0v) is 23.5. The second kappa shape index (κ2) is 11.3. The molecule has 0 fully saturated rings. The van der Waals surface area contributed by atoms with Crippen LogP contribution in [-0.2, 0) is 13.0 Å². The van der Waals surface area contributed by atoms with Crippen molar-refractivity contribution in [2.75, 3.05) is 45.9 Å². The number of hydrogen-bond donors (Lipinski definition) is 2. The predicted molar refractivity (Wildman–Crippen MR) is 154 cm³/mol. The van der Waals surface area contributed by atoms with E-state index in [9.17, 15) is 9.59 Å². The number of quaternary nitrogens is 2. The van der Waals surface area contributed by atoms with Crippen molar-refractivity contribution in [3.8, 4) is 0 Å². The van der Waals surface area contributed by atoms with Crippen LogP contribution in [0.25, 0.3) is 0 Å². The molecule has 0 bridgehead atoms. The fourth-order valence-corrected chi connectivity index (χ4v) is 4.58. The van der Waals surface area contributed by atoms with E-state index in [1.807, 2.05) is 74.5 Å². The Kier molecular flexibility index (Phi) is 8.62. The van der Waals surface area contributed by atoms with Crippen LogP contribution in [0.5, 0.6) is 0 Å². The summed E-state index contributed by atoms with van der Waals surface area (Å²) in [6, 6.07) is 19.2. The van der Waals surface area contributed by atoms with Crippen LogP contribution < -0.4 is 10.6 Å². The van der Waals surface area contributed by atoms with E-state index in [2.05, 4.69) is 60.3 Å². The van der Waals surface area contributed by atoms with Gasteiger partial charge in [-0.15, -0.1) is 0 Å². The number of aryl methyl sites for hydroxylation is 3. The SMILES string of the molecule is CCc1ccc(C(=O)Nc2cc(C)c(NC(=O)c3ccc(C[N+](C)(C)[B][N+](C)(C)C)cc3)cc2C)cc1. The average Bonchev–Trinajstić information content (AvgIpc) is 2.80. The Bertz CT molecular complexity index is 1260. The molecule has 193 valence electrons. The highest BCUT2D eigenvalue weighted by Crippen LogP contribution is 2.26. The first-order chi connectivity index (χ1) is 17.3. The third-order valence-electron chi connectivity index (χ3n) is 6.16. The van der Waals surface area contributed by atoms with E-state index < -0.39 is 0 Å². The van der Waals surface area contributed by atoms with Crippen LogP contribution in [0.4, 0.5) is 11.4 Å². The van der Waals surface area contributed by atoms with Gasteiger partial charge in [-0.3, -0.25) is 9.59 Å². The number of rotatable bonds is 9. The minimum absolute atomic E-state index is 0.150. The molecule has 0 atom stereocenters. The average molecular weight is 499 g/mol. The van der Waals surface area contributed by atoms with Crippen molar-refractivity contribution in [3.63, 3.8) is 0 Å². The van der Waals surface area contributed by atoms with Gasteiger partial charge in [-0.1, -0.05) is 31.2 Å². The van der Waals surface area contributed by atoms with Gasteiger partial charge in [0.1, 0.15) is 0 Å². The molecule has 7 heteroatoms. The second-order valence-corrected chi connectivity index (χ2v) is 11.3. The molecule has 6 nitrogen and oxygen atoms in total. The Morgan fingerprint density at radius 3 is 1.49 bits per heavy atom. The first-order valence-electron chi connectivity index (χ1n) is 12.7. The van der Waals surface area contributed by atoms with Crippen molar-refractivity contribution in [3.05, 3.63) is 94.0 Å². The van der Waals surface area contributed by atoms with Crippen LogP contribution >= 0.6 is 0 Å². The number of carbonyl (C=O) groups excluding carboxylic acids is 2. The molecule has 3 aromatic rings. The lowest BCUT2D eigenvalue weighted by atomic mass is 9.97. The highest BCUT2D eigenvalue weighted by molar-refractivity contribution is 6.16. The summed E-state index contributed by atoms with van der Waals surface area (Å²) in [4.78, 5) is 25.7. The molecule has 0 saturated carbocycles. The molecule has 0 aliphatic heterocycles. The zero-order chi connectivity index (χ0) is 27.4. The van der Waals surface area contributed by atoms with Crippen molar-refractivity contribution in [2.24, 2.45) is 0 Å². The van der Waals surface area contributed by atoms with Crippen molar-refractivity contribution < 1.29 is 18.4 Å². The van der Waals surface area contributed by atoms with E-state index in [0.717, 1.165) is 44.3 Å². The summed E-state index contributed by atoms with van der Waals surface area (Å²) in [6.45, 7) is 6.77. The van der Waals surface area contributed by atoms with Crippen molar-refractivity contribution in [2.45, 2.75) is 33.7 Å². The Balaban J connectivity index is 1.67. The molecule has 3 rings (SSSR count). The Labute approximate surface area is 222 Å². The van der Waals surface area contributed by atoms with E-state index >= 15 is 0 Å². The zero-order valence-electron chi connectivity index (χ0n) is 23.5. The molecule has 2 N–H and O–H groups in total. The molecule has 0 spiro atoms. The first kappa shape index (κ1) is 28.2. The normalized spacial score (nSPS) is 11.7. The van der Waals surface area contributed by atoms with Gasteiger partial charge in [0.05, 0.1) is 41.8 Å². The lowest BCUT2D eigenvalue weighted by Gasteiger charge is -2.32. The number of anilines is 2.